The molecule has 0 aliphatic rings. The molecule has 0 spiro atoms. The van der Waals surface area contributed by atoms with Crippen LogP contribution in [-0.4, -0.2) is 20.1 Å². The second-order valence-electron chi connectivity index (χ2n) is 2.81. The lowest BCUT2D eigenvalue weighted by Gasteiger charge is -1.99. The van der Waals surface area contributed by atoms with E-state index in [1.165, 1.54) is 0 Å². The predicted molar refractivity (Wildman–Crippen MR) is 48.4 cm³/mol. The van der Waals surface area contributed by atoms with E-state index in [0.29, 0.717) is 24.2 Å². The lowest BCUT2D eigenvalue weighted by Crippen LogP contribution is -2.03. The zero-order chi connectivity index (χ0) is 10.7. The Bertz CT molecular complexity index is 441. The number of nitrogens with one attached hydrogen (secondary N) is 1. The topological polar surface area (TPSA) is 76.7 Å². The Morgan fingerprint density at radius 1 is 1.40 bits per heavy atom. The number of anilines is 1. The SMILES string of the molecule is Cc1noc(CNc2ncc(F)cn2)n1. The first-order valence-electron chi connectivity index (χ1n) is 4.24. The van der Waals surface area contributed by atoms with Crippen LogP contribution < -0.4 is 5.32 Å². The van der Waals surface area contributed by atoms with Gasteiger partial charge in [0.2, 0.25) is 11.8 Å². The van der Waals surface area contributed by atoms with Gasteiger partial charge in [0.1, 0.15) is 0 Å². The van der Waals surface area contributed by atoms with Crippen molar-refractivity contribution in [3.63, 3.8) is 0 Å². The van der Waals surface area contributed by atoms with E-state index in [-0.39, 0.29) is 0 Å². The molecule has 2 aromatic rings. The van der Waals surface area contributed by atoms with Gasteiger partial charge >= 0.3 is 0 Å². The van der Waals surface area contributed by atoms with Crippen molar-refractivity contribution in [1.82, 2.24) is 20.1 Å². The average Bonchev–Trinajstić information content (AvgIpc) is 2.64. The van der Waals surface area contributed by atoms with Crippen LogP contribution in [0.3, 0.4) is 0 Å². The summed E-state index contributed by atoms with van der Waals surface area (Å²) in [6, 6.07) is 0. The van der Waals surface area contributed by atoms with E-state index in [1.807, 2.05) is 0 Å². The van der Waals surface area contributed by atoms with Gasteiger partial charge in [0, 0.05) is 0 Å². The van der Waals surface area contributed by atoms with E-state index >= 15 is 0 Å². The van der Waals surface area contributed by atoms with Gasteiger partial charge in [0.05, 0.1) is 18.9 Å². The first-order chi connectivity index (χ1) is 7.24. The minimum absolute atomic E-state index is 0.312. The second kappa shape index (κ2) is 3.99. The summed E-state index contributed by atoms with van der Waals surface area (Å²) in [5, 5.41) is 6.43. The Morgan fingerprint density at radius 2 is 2.13 bits per heavy atom. The third-order valence-corrected chi connectivity index (χ3v) is 1.59. The molecule has 0 amide bonds. The van der Waals surface area contributed by atoms with Gasteiger partial charge in [-0.15, -0.1) is 0 Å². The van der Waals surface area contributed by atoms with Crippen molar-refractivity contribution in [3.8, 4) is 0 Å². The summed E-state index contributed by atoms with van der Waals surface area (Å²) in [7, 11) is 0. The average molecular weight is 209 g/mol. The first-order valence-corrected chi connectivity index (χ1v) is 4.24. The van der Waals surface area contributed by atoms with Gasteiger partial charge in [-0.2, -0.15) is 4.98 Å². The highest BCUT2D eigenvalue weighted by Crippen LogP contribution is 2.01. The molecule has 2 heterocycles. The summed E-state index contributed by atoms with van der Waals surface area (Å²) < 4.78 is 17.3. The quantitative estimate of drug-likeness (QED) is 0.809. The van der Waals surface area contributed by atoms with E-state index in [2.05, 4.69) is 25.4 Å². The Labute approximate surface area is 84.6 Å². The molecule has 1 N–H and O–H groups in total. The van der Waals surface area contributed by atoms with Crippen LogP contribution in [0.15, 0.2) is 16.9 Å². The summed E-state index contributed by atoms with van der Waals surface area (Å²) in [4.78, 5) is 11.4. The largest absolute Gasteiger partial charge is 0.345 e. The maximum absolute atomic E-state index is 12.5. The molecule has 0 aliphatic carbocycles. The number of hydrogen-bond acceptors (Lipinski definition) is 6. The minimum Gasteiger partial charge on any atom is -0.345 e. The molecule has 0 saturated carbocycles. The van der Waals surface area contributed by atoms with Gasteiger partial charge in [-0.25, -0.2) is 14.4 Å². The number of halogens is 1. The molecule has 0 unspecified atom stereocenters. The number of nitrogens with zero attached hydrogens (tertiary/aromatic N) is 4. The van der Waals surface area contributed by atoms with Crippen LogP contribution in [0.4, 0.5) is 10.3 Å². The van der Waals surface area contributed by atoms with Crippen molar-refractivity contribution in [2.24, 2.45) is 0 Å². The van der Waals surface area contributed by atoms with Crippen LogP contribution in [0.2, 0.25) is 0 Å². The molecular weight excluding hydrogens is 201 g/mol. The van der Waals surface area contributed by atoms with E-state index in [9.17, 15) is 4.39 Å². The Kier molecular flexibility index (Phi) is 2.53. The second-order valence-corrected chi connectivity index (χ2v) is 2.81. The van der Waals surface area contributed by atoms with E-state index in [1.54, 1.807) is 6.92 Å². The minimum atomic E-state index is -0.478. The summed E-state index contributed by atoms with van der Waals surface area (Å²) >= 11 is 0. The van der Waals surface area contributed by atoms with Gasteiger partial charge in [-0.1, -0.05) is 5.16 Å². The third kappa shape index (κ3) is 2.46. The Morgan fingerprint density at radius 3 is 2.73 bits per heavy atom. The highest BCUT2D eigenvalue weighted by molar-refractivity contribution is 5.22. The van der Waals surface area contributed by atoms with Gasteiger partial charge in [-0.05, 0) is 6.92 Å². The summed E-state index contributed by atoms with van der Waals surface area (Å²) in [6.45, 7) is 2.04. The van der Waals surface area contributed by atoms with Crippen LogP contribution in [0, 0.1) is 12.7 Å². The Balaban J connectivity index is 1.96. The van der Waals surface area contributed by atoms with Crippen molar-refractivity contribution in [2.75, 3.05) is 5.32 Å². The molecule has 6 nitrogen and oxygen atoms in total. The fourth-order valence-electron chi connectivity index (χ4n) is 0.970. The fraction of sp³-hybridized carbons (Fsp3) is 0.250. The molecule has 0 bridgehead atoms. The normalized spacial score (nSPS) is 10.3. The number of rotatable bonds is 3. The molecular formula is C8H8FN5O. The van der Waals surface area contributed by atoms with Gasteiger partial charge in [0.25, 0.3) is 0 Å². The Hall–Kier alpha value is -2.05. The number of aryl methyl sites for hydroxylation is 1. The highest BCUT2D eigenvalue weighted by Gasteiger charge is 2.03. The van der Waals surface area contributed by atoms with Crippen molar-refractivity contribution in [3.05, 3.63) is 29.9 Å². The molecule has 0 saturated heterocycles. The molecule has 2 rings (SSSR count). The lowest BCUT2D eigenvalue weighted by atomic mass is 10.6. The van der Waals surface area contributed by atoms with E-state index < -0.39 is 5.82 Å². The van der Waals surface area contributed by atoms with Crippen LogP contribution in [0.1, 0.15) is 11.7 Å². The molecule has 0 aromatic carbocycles. The maximum atomic E-state index is 12.5. The molecule has 2 aromatic heterocycles. The zero-order valence-electron chi connectivity index (χ0n) is 7.94. The number of hydrogen-bond donors (Lipinski definition) is 1. The molecule has 0 aliphatic heterocycles. The lowest BCUT2D eigenvalue weighted by molar-refractivity contribution is 0.379. The summed E-state index contributed by atoms with van der Waals surface area (Å²) in [5.41, 5.74) is 0. The van der Waals surface area contributed by atoms with Crippen molar-refractivity contribution in [1.29, 1.82) is 0 Å². The highest BCUT2D eigenvalue weighted by atomic mass is 19.1. The van der Waals surface area contributed by atoms with Crippen molar-refractivity contribution in [2.45, 2.75) is 13.5 Å². The van der Waals surface area contributed by atoms with Crippen LogP contribution >= 0.6 is 0 Å². The maximum Gasteiger partial charge on any atom is 0.246 e. The zero-order valence-corrected chi connectivity index (χ0v) is 7.94. The van der Waals surface area contributed by atoms with Crippen molar-refractivity contribution < 1.29 is 8.91 Å². The third-order valence-electron chi connectivity index (χ3n) is 1.59. The van der Waals surface area contributed by atoms with Crippen LogP contribution in [0.25, 0.3) is 0 Å². The predicted octanol–water partition coefficient (Wildman–Crippen LogP) is 0.919. The molecule has 0 fully saturated rings. The number of aromatic nitrogens is 4. The van der Waals surface area contributed by atoms with Crippen LogP contribution in [-0.2, 0) is 6.54 Å². The molecule has 0 atom stereocenters. The monoisotopic (exact) mass is 209 g/mol. The first kappa shape index (κ1) is 9.50. The molecule has 78 valence electrons. The smallest absolute Gasteiger partial charge is 0.246 e. The van der Waals surface area contributed by atoms with E-state index in [4.69, 9.17) is 4.52 Å². The van der Waals surface area contributed by atoms with Gasteiger partial charge in [-0.3, -0.25) is 0 Å². The van der Waals surface area contributed by atoms with Crippen LogP contribution in [0.5, 0.6) is 0 Å². The summed E-state index contributed by atoms with van der Waals surface area (Å²) in [6.07, 6.45) is 2.16. The summed E-state index contributed by atoms with van der Waals surface area (Å²) in [5.74, 6) is 0.827. The molecule has 15 heavy (non-hydrogen) atoms. The molecule has 7 heteroatoms. The fourth-order valence-corrected chi connectivity index (χ4v) is 0.970. The molecule has 0 radical (unpaired) electrons. The van der Waals surface area contributed by atoms with Crippen molar-refractivity contribution >= 4 is 5.95 Å². The van der Waals surface area contributed by atoms with E-state index in [0.717, 1.165) is 12.4 Å². The van der Waals surface area contributed by atoms with Gasteiger partial charge in [0.15, 0.2) is 11.6 Å². The van der Waals surface area contributed by atoms with Gasteiger partial charge < -0.3 is 9.84 Å². The standard InChI is InChI=1S/C8H8FN5O/c1-5-13-7(15-14-5)4-12-8-10-2-6(9)3-11-8/h2-3H,4H2,1H3,(H,10,11,12).